The van der Waals surface area contributed by atoms with Gasteiger partial charge < -0.3 is 9.80 Å². The zero-order valence-corrected chi connectivity index (χ0v) is 32.6. The predicted octanol–water partition coefficient (Wildman–Crippen LogP) is 12.2. The quantitative estimate of drug-likeness (QED) is 0.269. The van der Waals surface area contributed by atoms with Gasteiger partial charge in [-0.05, 0) is 143 Å². The van der Waals surface area contributed by atoms with Crippen LogP contribution in [0.1, 0.15) is 117 Å². The average molecular weight is 703 g/mol. The number of hydrogen-bond donors (Lipinski definition) is 0. The van der Waals surface area contributed by atoms with Crippen LogP contribution in [0.2, 0.25) is 0 Å². The Kier molecular flexibility index (Phi) is 8.07. The summed E-state index contributed by atoms with van der Waals surface area (Å²) in [5.74, 6) is 3.99. The maximum absolute atomic E-state index is 3.09. The lowest BCUT2D eigenvalue weighted by atomic mass is 9.72. The maximum Gasteiger partial charge on any atom is 0.0545 e. The standard InChI is InChI=1S/C51H62N2/c1-51(2)45-17-9-6-14-39(45)42-32-38(26-27-46(42)51)53-48-19-11-8-16-41(48)44-31-36(25-29-50(44)53)34-22-20-33(21-23-34)35-24-28-49-43(30-35)40-15-7-10-18-47(40)52(49)37-12-4-3-5-13-37/h3-4,6-7,9-10,14-15,17-18,20,24,28,31,34,37-40,43-45,47,50H,5,8,11-13,16,19,21-23,25-27,29-30,32H2,1-2H3. The van der Waals surface area contributed by atoms with E-state index in [1.54, 1.807) is 16.8 Å². The van der Waals surface area contributed by atoms with Gasteiger partial charge in [-0.2, -0.15) is 0 Å². The van der Waals surface area contributed by atoms with Gasteiger partial charge in [0.05, 0.1) is 6.04 Å². The van der Waals surface area contributed by atoms with E-state index < -0.39 is 0 Å². The minimum absolute atomic E-state index is 0.316. The third kappa shape index (κ3) is 5.23. The first-order valence-corrected chi connectivity index (χ1v) is 22.2. The summed E-state index contributed by atoms with van der Waals surface area (Å²) in [5.41, 5.74) is 14.4. The van der Waals surface area contributed by atoms with Gasteiger partial charge in [0.25, 0.3) is 0 Å². The van der Waals surface area contributed by atoms with E-state index in [2.05, 4.69) is 109 Å². The van der Waals surface area contributed by atoms with Gasteiger partial charge in [-0.1, -0.05) is 110 Å². The Morgan fingerprint density at radius 3 is 2.45 bits per heavy atom. The van der Waals surface area contributed by atoms with Gasteiger partial charge in [-0.25, -0.2) is 0 Å². The van der Waals surface area contributed by atoms with Crippen LogP contribution in [-0.2, 0) is 0 Å². The minimum atomic E-state index is 0.316. The molecule has 2 aliphatic heterocycles. The van der Waals surface area contributed by atoms with Crippen molar-refractivity contribution in [2.45, 2.75) is 141 Å². The lowest BCUT2D eigenvalue weighted by Gasteiger charge is -2.44. The van der Waals surface area contributed by atoms with Crippen molar-refractivity contribution in [1.29, 1.82) is 0 Å². The second-order valence-corrected chi connectivity index (χ2v) is 19.4. The Hall–Kier alpha value is -3.26. The molecule has 0 bridgehead atoms. The summed E-state index contributed by atoms with van der Waals surface area (Å²) < 4.78 is 0. The largest absolute Gasteiger partial charge is 0.368 e. The molecule has 53 heavy (non-hydrogen) atoms. The number of rotatable bonds is 4. The van der Waals surface area contributed by atoms with E-state index in [0.717, 1.165) is 5.92 Å². The molecule has 2 heteroatoms. The van der Waals surface area contributed by atoms with Crippen LogP contribution in [0.5, 0.6) is 0 Å². The van der Waals surface area contributed by atoms with Crippen molar-refractivity contribution < 1.29 is 0 Å². The number of fused-ring (bicyclic) bond motifs is 7. The highest BCUT2D eigenvalue weighted by Gasteiger charge is 2.51. The van der Waals surface area contributed by atoms with Crippen molar-refractivity contribution >= 4 is 0 Å². The fourth-order valence-corrected chi connectivity index (χ4v) is 14.2. The first kappa shape index (κ1) is 33.1. The van der Waals surface area contributed by atoms with Gasteiger partial charge in [-0.3, -0.25) is 0 Å². The van der Waals surface area contributed by atoms with E-state index in [4.69, 9.17) is 0 Å². The Morgan fingerprint density at radius 1 is 0.679 bits per heavy atom. The molecular formula is C51H62N2. The van der Waals surface area contributed by atoms with Gasteiger partial charge in [0.2, 0.25) is 0 Å². The van der Waals surface area contributed by atoms with E-state index in [1.807, 2.05) is 28.0 Å². The molecule has 0 aromatic heterocycles. The summed E-state index contributed by atoms with van der Waals surface area (Å²) in [4.78, 5) is 5.93. The normalized spacial score (nSPS) is 40.6. The van der Waals surface area contributed by atoms with Crippen LogP contribution in [0.15, 0.2) is 130 Å². The van der Waals surface area contributed by atoms with Gasteiger partial charge in [0, 0.05) is 53.2 Å². The Balaban J connectivity index is 0.809. The molecule has 0 aromatic carbocycles. The highest BCUT2D eigenvalue weighted by atomic mass is 15.2. The fourth-order valence-electron chi connectivity index (χ4n) is 14.2. The zero-order valence-electron chi connectivity index (χ0n) is 32.6. The van der Waals surface area contributed by atoms with E-state index in [9.17, 15) is 0 Å². The molecule has 0 spiro atoms. The molecule has 0 radical (unpaired) electrons. The molecule has 0 N–H and O–H groups in total. The van der Waals surface area contributed by atoms with Crippen LogP contribution in [-0.4, -0.2) is 34.0 Å². The molecule has 2 nitrogen and oxygen atoms in total. The van der Waals surface area contributed by atoms with Crippen molar-refractivity contribution in [2.24, 2.45) is 40.9 Å². The second-order valence-electron chi connectivity index (χ2n) is 19.4. The van der Waals surface area contributed by atoms with Crippen LogP contribution in [0.3, 0.4) is 0 Å². The second kappa shape index (κ2) is 12.9. The first-order valence-electron chi connectivity index (χ1n) is 22.2. The topological polar surface area (TPSA) is 6.48 Å². The summed E-state index contributed by atoms with van der Waals surface area (Å²) in [5, 5.41) is 0. The Labute approximate surface area is 320 Å². The maximum atomic E-state index is 3.09. The molecule has 11 aliphatic rings. The lowest BCUT2D eigenvalue weighted by Crippen LogP contribution is -2.44. The van der Waals surface area contributed by atoms with Crippen molar-refractivity contribution in [3.63, 3.8) is 0 Å². The van der Waals surface area contributed by atoms with E-state index in [-0.39, 0.29) is 0 Å². The summed E-state index contributed by atoms with van der Waals surface area (Å²) in [6.07, 6.45) is 55.9. The van der Waals surface area contributed by atoms with Crippen molar-refractivity contribution in [3.8, 4) is 0 Å². The summed E-state index contributed by atoms with van der Waals surface area (Å²) in [6, 6.07) is 2.62. The average Bonchev–Trinajstić information content (AvgIpc) is 3.81. The zero-order chi connectivity index (χ0) is 35.3. The molecule has 0 amide bonds. The molecule has 276 valence electrons. The number of likely N-dealkylation sites (tertiary alicyclic amines) is 1. The predicted molar refractivity (Wildman–Crippen MR) is 220 cm³/mol. The third-order valence-electron chi connectivity index (χ3n) is 16.7. The number of nitrogens with zero attached hydrogens (tertiary/aromatic N) is 2. The molecule has 2 heterocycles. The van der Waals surface area contributed by atoms with Crippen LogP contribution >= 0.6 is 0 Å². The molecule has 11 rings (SSSR count). The highest BCUT2D eigenvalue weighted by Crippen LogP contribution is 2.59. The molecular weight excluding hydrogens is 641 g/mol. The smallest absolute Gasteiger partial charge is 0.0545 e. The molecule has 9 aliphatic carbocycles. The molecule has 1 saturated heterocycles. The SMILES string of the molecule is CC1(C)C2=C(CC(N3C4=C(CCCC4)C4C=C(C5CC=C(C6=CC=C7C(C6)C6C=CC=CC6N7C6CC=CCC6)CC5)CCC43)CC2)C2C=CC=CC21. The highest BCUT2D eigenvalue weighted by molar-refractivity contribution is 5.46. The molecule has 1 fully saturated rings. The first-order chi connectivity index (χ1) is 26.0. The molecule has 10 atom stereocenters. The van der Waals surface area contributed by atoms with Crippen LogP contribution in [0, 0.1) is 40.9 Å². The van der Waals surface area contributed by atoms with Gasteiger partial charge >= 0.3 is 0 Å². The van der Waals surface area contributed by atoms with Crippen molar-refractivity contribution in [2.75, 3.05) is 0 Å². The van der Waals surface area contributed by atoms with Crippen molar-refractivity contribution in [1.82, 2.24) is 9.80 Å². The lowest BCUT2D eigenvalue weighted by molar-refractivity contribution is 0.151. The number of hydrogen-bond acceptors (Lipinski definition) is 2. The van der Waals surface area contributed by atoms with Gasteiger partial charge in [0.15, 0.2) is 0 Å². The third-order valence-corrected chi connectivity index (χ3v) is 16.7. The Morgan fingerprint density at radius 2 is 1.57 bits per heavy atom. The van der Waals surface area contributed by atoms with Crippen molar-refractivity contribution in [3.05, 3.63) is 130 Å². The van der Waals surface area contributed by atoms with Crippen LogP contribution < -0.4 is 0 Å². The summed E-state index contributed by atoms with van der Waals surface area (Å²) in [7, 11) is 0. The fraction of sp³-hybridized carbons (Fsp3) is 0.569. The summed E-state index contributed by atoms with van der Waals surface area (Å²) >= 11 is 0. The van der Waals surface area contributed by atoms with E-state index >= 15 is 0 Å². The molecule has 0 aromatic rings. The molecule has 10 unspecified atom stereocenters. The Bertz CT molecular complexity index is 1890. The number of allylic oxidation sites excluding steroid dienone is 16. The van der Waals surface area contributed by atoms with E-state index in [0.29, 0.717) is 59.2 Å². The van der Waals surface area contributed by atoms with Gasteiger partial charge in [-0.15, -0.1) is 0 Å². The molecule has 0 saturated carbocycles. The van der Waals surface area contributed by atoms with E-state index in [1.165, 1.54) is 103 Å². The summed E-state index contributed by atoms with van der Waals surface area (Å²) in [6.45, 7) is 5.08. The van der Waals surface area contributed by atoms with Gasteiger partial charge in [0.1, 0.15) is 0 Å². The van der Waals surface area contributed by atoms with Crippen LogP contribution in [0.25, 0.3) is 0 Å². The monoisotopic (exact) mass is 702 g/mol. The van der Waals surface area contributed by atoms with Crippen LogP contribution in [0.4, 0.5) is 0 Å². The minimum Gasteiger partial charge on any atom is -0.368 e.